The minimum absolute atomic E-state index is 0.520. The number of alkyl halides is 1. The molecule has 1 nitrogen and oxygen atoms in total. The maximum atomic E-state index is 14.5. The first-order valence-corrected chi connectivity index (χ1v) is 6.51. The lowest BCUT2D eigenvalue weighted by molar-refractivity contribution is 0.145. The highest BCUT2D eigenvalue weighted by atomic mass is 35.5. The SMILES string of the molecule is FC1(Cc2ccc(Cl)s2)CCCNCC1. The van der Waals surface area contributed by atoms with Gasteiger partial charge in [0.15, 0.2) is 0 Å². The van der Waals surface area contributed by atoms with Crippen LogP contribution in [0.3, 0.4) is 0 Å². The van der Waals surface area contributed by atoms with E-state index in [9.17, 15) is 4.39 Å². The number of nitrogens with one attached hydrogen (secondary N) is 1. The van der Waals surface area contributed by atoms with E-state index in [1.807, 2.05) is 12.1 Å². The van der Waals surface area contributed by atoms with Crippen LogP contribution in [0, 0.1) is 0 Å². The average molecular weight is 248 g/mol. The fraction of sp³-hybridized carbons (Fsp3) is 0.636. The summed E-state index contributed by atoms with van der Waals surface area (Å²) in [6.45, 7) is 1.73. The van der Waals surface area contributed by atoms with Crippen LogP contribution in [0.2, 0.25) is 4.34 Å². The molecule has 1 aromatic rings. The van der Waals surface area contributed by atoms with Crippen molar-refractivity contribution in [2.24, 2.45) is 0 Å². The molecular formula is C11H15ClFNS. The molecule has 1 aliphatic heterocycles. The minimum Gasteiger partial charge on any atom is -0.317 e. The molecule has 0 bridgehead atoms. The number of thiophene rings is 1. The van der Waals surface area contributed by atoms with Crippen LogP contribution >= 0.6 is 22.9 Å². The first-order chi connectivity index (χ1) is 7.18. The Labute approximate surface area is 98.6 Å². The molecule has 4 heteroatoms. The third-order valence-corrected chi connectivity index (χ3v) is 4.08. The average Bonchev–Trinajstić information content (AvgIpc) is 2.46. The number of hydrogen-bond donors (Lipinski definition) is 1. The van der Waals surface area contributed by atoms with Gasteiger partial charge >= 0.3 is 0 Å². The molecular weight excluding hydrogens is 233 g/mol. The van der Waals surface area contributed by atoms with Crippen LogP contribution in [0.1, 0.15) is 24.1 Å². The molecule has 1 aromatic heterocycles. The molecule has 1 aliphatic rings. The van der Waals surface area contributed by atoms with Crippen LogP contribution in [0.15, 0.2) is 12.1 Å². The van der Waals surface area contributed by atoms with E-state index in [1.54, 1.807) is 0 Å². The summed E-state index contributed by atoms with van der Waals surface area (Å²) < 4.78 is 15.2. The molecule has 1 unspecified atom stereocenters. The van der Waals surface area contributed by atoms with Crippen molar-refractivity contribution in [3.8, 4) is 0 Å². The summed E-state index contributed by atoms with van der Waals surface area (Å²) in [5, 5.41) is 3.23. The number of hydrogen-bond acceptors (Lipinski definition) is 2. The Morgan fingerprint density at radius 2 is 2.27 bits per heavy atom. The van der Waals surface area contributed by atoms with Crippen molar-refractivity contribution < 1.29 is 4.39 Å². The summed E-state index contributed by atoms with van der Waals surface area (Å²) in [6, 6.07) is 3.78. The van der Waals surface area contributed by atoms with Crippen molar-refractivity contribution in [1.82, 2.24) is 5.32 Å². The van der Waals surface area contributed by atoms with Gasteiger partial charge in [0.1, 0.15) is 5.67 Å². The monoisotopic (exact) mass is 247 g/mol. The van der Waals surface area contributed by atoms with Gasteiger partial charge in [-0.2, -0.15) is 0 Å². The van der Waals surface area contributed by atoms with Crippen molar-refractivity contribution >= 4 is 22.9 Å². The lowest BCUT2D eigenvalue weighted by atomic mass is 9.92. The normalized spacial score (nSPS) is 27.6. The lowest BCUT2D eigenvalue weighted by Crippen LogP contribution is -2.27. The van der Waals surface area contributed by atoms with E-state index in [2.05, 4.69) is 5.32 Å². The molecule has 1 saturated heterocycles. The topological polar surface area (TPSA) is 12.0 Å². The summed E-state index contributed by atoms with van der Waals surface area (Å²) >= 11 is 7.33. The van der Waals surface area contributed by atoms with Crippen LogP contribution in [0.5, 0.6) is 0 Å². The Bertz CT molecular complexity index is 318. The molecule has 0 saturated carbocycles. The van der Waals surface area contributed by atoms with E-state index >= 15 is 0 Å². The molecule has 0 aromatic carbocycles. The van der Waals surface area contributed by atoms with E-state index < -0.39 is 5.67 Å². The molecule has 84 valence electrons. The fourth-order valence-electron chi connectivity index (χ4n) is 2.03. The predicted molar refractivity (Wildman–Crippen MR) is 63.6 cm³/mol. The van der Waals surface area contributed by atoms with Gasteiger partial charge in [0.2, 0.25) is 0 Å². The summed E-state index contributed by atoms with van der Waals surface area (Å²) in [5.74, 6) is 0. The highest BCUT2D eigenvalue weighted by molar-refractivity contribution is 7.16. The van der Waals surface area contributed by atoms with E-state index in [0.717, 1.165) is 28.7 Å². The maximum absolute atomic E-state index is 14.5. The van der Waals surface area contributed by atoms with E-state index in [0.29, 0.717) is 19.3 Å². The molecule has 2 rings (SSSR count). The summed E-state index contributed by atoms with van der Waals surface area (Å²) in [7, 11) is 0. The second kappa shape index (κ2) is 4.81. The standard InChI is InChI=1S/C11H15ClFNS/c12-10-3-2-9(15-10)8-11(13)4-1-6-14-7-5-11/h2-3,14H,1,4-8H2. The third kappa shape index (κ3) is 3.16. The van der Waals surface area contributed by atoms with Gasteiger partial charge < -0.3 is 5.32 Å². The molecule has 0 radical (unpaired) electrons. The Morgan fingerprint density at radius 3 is 3.00 bits per heavy atom. The second-order valence-corrected chi connectivity index (χ2v) is 5.94. The van der Waals surface area contributed by atoms with Gasteiger partial charge in [-0.1, -0.05) is 11.6 Å². The largest absolute Gasteiger partial charge is 0.317 e. The van der Waals surface area contributed by atoms with E-state index in [4.69, 9.17) is 11.6 Å². The third-order valence-electron chi connectivity index (χ3n) is 2.85. The van der Waals surface area contributed by atoms with Crippen LogP contribution in [0.4, 0.5) is 4.39 Å². The van der Waals surface area contributed by atoms with Gasteiger partial charge in [-0.3, -0.25) is 0 Å². The molecule has 1 fully saturated rings. The molecule has 15 heavy (non-hydrogen) atoms. The van der Waals surface area contributed by atoms with Gasteiger partial charge in [0.05, 0.1) is 4.34 Å². The van der Waals surface area contributed by atoms with Crippen LogP contribution in [0.25, 0.3) is 0 Å². The van der Waals surface area contributed by atoms with Crippen molar-refractivity contribution in [1.29, 1.82) is 0 Å². The predicted octanol–water partition coefficient (Wildman–Crippen LogP) is 3.43. The maximum Gasteiger partial charge on any atom is 0.117 e. The van der Waals surface area contributed by atoms with Crippen molar-refractivity contribution in [2.45, 2.75) is 31.4 Å². The number of halogens is 2. The van der Waals surface area contributed by atoms with E-state index in [1.165, 1.54) is 11.3 Å². The highest BCUT2D eigenvalue weighted by Gasteiger charge is 2.31. The van der Waals surface area contributed by atoms with Crippen LogP contribution in [-0.2, 0) is 6.42 Å². The second-order valence-electron chi connectivity index (χ2n) is 4.14. The lowest BCUT2D eigenvalue weighted by Gasteiger charge is -2.22. The van der Waals surface area contributed by atoms with Crippen molar-refractivity contribution in [3.63, 3.8) is 0 Å². The summed E-state index contributed by atoms with van der Waals surface area (Å²) in [6.07, 6.45) is 2.72. The summed E-state index contributed by atoms with van der Waals surface area (Å²) in [5.41, 5.74) is -1.03. The Balaban J connectivity index is 2.02. The van der Waals surface area contributed by atoms with Gasteiger partial charge in [-0.15, -0.1) is 11.3 Å². The quantitative estimate of drug-likeness (QED) is 0.845. The van der Waals surface area contributed by atoms with Gasteiger partial charge in [-0.25, -0.2) is 4.39 Å². The first-order valence-electron chi connectivity index (χ1n) is 5.32. The fourth-order valence-corrected chi connectivity index (χ4v) is 3.24. The molecule has 0 aliphatic carbocycles. The zero-order valence-electron chi connectivity index (χ0n) is 8.56. The van der Waals surface area contributed by atoms with E-state index in [-0.39, 0.29) is 0 Å². The van der Waals surface area contributed by atoms with Crippen molar-refractivity contribution in [3.05, 3.63) is 21.3 Å². The number of rotatable bonds is 2. The Hall–Kier alpha value is -0.120. The van der Waals surface area contributed by atoms with Gasteiger partial charge in [0.25, 0.3) is 0 Å². The molecule has 1 atom stereocenters. The first kappa shape index (κ1) is 11.4. The molecule has 0 spiro atoms. The van der Waals surface area contributed by atoms with Crippen LogP contribution in [-0.4, -0.2) is 18.8 Å². The Morgan fingerprint density at radius 1 is 1.40 bits per heavy atom. The molecule has 0 amide bonds. The Kier molecular flexibility index (Phi) is 3.65. The van der Waals surface area contributed by atoms with Gasteiger partial charge in [0, 0.05) is 11.3 Å². The van der Waals surface area contributed by atoms with Crippen LogP contribution < -0.4 is 5.32 Å². The summed E-state index contributed by atoms with van der Waals surface area (Å²) in [4.78, 5) is 1.06. The zero-order chi connectivity index (χ0) is 10.7. The van der Waals surface area contributed by atoms with Crippen molar-refractivity contribution in [2.75, 3.05) is 13.1 Å². The minimum atomic E-state index is -1.03. The molecule has 2 heterocycles. The highest BCUT2D eigenvalue weighted by Crippen LogP contribution is 2.32. The molecule has 1 N–H and O–H groups in total. The smallest absolute Gasteiger partial charge is 0.117 e. The zero-order valence-corrected chi connectivity index (χ0v) is 10.1. The van der Waals surface area contributed by atoms with Gasteiger partial charge in [-0.05, 0) is 44.5 Å².